The number of benzene rings is 1. The average Bonchev–Trinajstić information content (AvgIpc) is 2.69. The van der Waals surface area contributed by atoms with Crippen LogP contribution in [0.2, 0.25) is 0 Å². The number of thiophene rings is 1. The van der Waals surface area contributed by atoms with Gasteiger partial charge in [-0.3, -0.25) is 0 Å². The Hall–Kier alpha value is 0.160. The molecule has 0 aliphatic heterocycles. The second-order valence-electron chi connectivity index (χ2n) is 3.41. The van der Waals surface area contributed by atoms with Gasteiger partial charge >= 0.3 is 0 Å². The topological polar surface area (TPSA) is 9.23 Å². The fraction of sp³-hybridized carbons (Fsp3) is 0.167. The van der Waals surface area contributed by atoms with E-state index in [-0.39, 0.29) is 4.83 Å². The van der Waals surface area contributed by atoms with E-state index >= 15 is 0 Å². The second kappa shape index (κ2) is 5.87. The third-order valence-corrected chi connectivity index (χ3v) is 6.97. The first kappa shape index (κ1) is 13.6. The van der Waals surface area contributed by atoms with E-state index in [4.69, 9.17) is 4.74 Å². The van der Waals surface area contributed by atoms with Gasteiger partial charge in [-0.1, -0.05) is 28.1 Å². The Bertz CT molecular complexity index is 487. The molecule has 0 radical (unpaired) electrons. The van der Waals surface area contributed by atoms with Crippen LogP contribution in [-0.2, 0) is 0 Å². The minimum Gasteiger partial charge on any atom is -0.497 e. The van der Waals surface area contributed by atoms with E-state index in [0.29, 0.717) is 0 Å². The molecule has 1 unspecified atom stereocenters. The molecule has 1 aromatic carbocycles. The molecular weight excluding hydrogens is 432 g/mol. The maximum Gasteiger partial charge on any atom is 0.118 e. The van der Waals surface area contributed by atoms with Gasteiger partial charge in [-0.25, -0.2) is 0 Å². The monoisotopic (exact) mass is 438 g/mol. The van der Waals surface area contributed by atoms with Gasteiger partial charge in [-0.2, -0.15) is 0 Å². The standard InChI is InChI=1S/C12H9Br3OS/c1-16-8-4-2-7(3-5-8)11(14)10-6-9(13)12(15)17-10/h2-6,11H,1H3. The molecule has 0 amide bonds. The van der Waals surface area contributed by atoms with Crippen LogP contribution in [0.3, 0.4) is 0 Å². The molecule has 0 saturated heterocycles. The minimum atomic E-state index is 0.209. The van der Waals surface area contributed by atoms with Crippen LogP contribution in [0.25, 0.3) is 0 Å². The summed E-state index contributed by atoms with van der Waals surface area (Å²) in [6, 6.07) is 10.2. The van der Waals surface area contributed by atoms with Gasteiger partial charge in [0.15, 0.2) is 0 Å². The van der Waals surface area contributed by atoms with E-state index in [9.17, 15) is 0 Å². The Kier molecular flexibility index (Phi) is 4.69. The average molecular weight is 441 g/mol. The third kappa shape index (κ3) is 3.13. The summed E-state index contributed by atoms with van der Waals surface area (Å²) in [6.07, 6.45) is 0. The molecule has 0 aliphatic carbocycles. The summed E-state index contributed by atoms with van der Waals surface area (Å²) in [4.78, 5) is 1.47. The zero-order valence-corrected chi connectivity index (χ0v) is 14.5. The summed E-state index contributed by atoms with van der Waals surface area (Å²) in [7, 11) is 1.67. The molecule has 5 heteroatoms. The van der Waals surface area contributed by atoms with Crippen LogP contribution in [0.4, 0.5) is 0 Å². The first-order valence-corrected chi connectivity index (χ1v) is 8.16. The summed E-state index contributed by atoms with van der Waals surface area (Å²) in [6.45, 7) is 0. The van der Waals surface area contributed by atoms with Crippen LogP contribution in [0.1, 0.15) is 15.3 Å². The number of hydrogen-bond donors (Lipinski definition) is 0. The van der Waals surface area contributed by atoms with E-state index in [2.05, 4.69) is 66.0 Å². The Morgan fingerprint density at radius 3 is 2.29 bits per heavy atom. The quantitative estimate of drug-likeness (QED) is 0.551. The van der Waals surface area contributed by atoms with Crippen LogP contribution in [-0.4, -0.2) is 7.11 Å². The van der Waals surface area contributed by atoms with Crippen molar-refractivity contribution in [1.82, 2.24) is 0 Å². The zero-order valence-electron chi connectivity index (χ0n) is 8.91. The number of alkyl halides is 1. The molecule has 0 saturated carbocycles. The minimum absolute atomic E-state index is 0.209. The van der Waals surface area contributed by atoms with E-state index in [1.165, 1.54) is 10.4 Å². The van der Waals surface area contributed by atoms with Crippen molar-refractivity contribution >= 4 is 59.1 Å². The summed E-state index contributed by atoms with van der Waals surface area (Å²) >= 11 is 12.4. The highest BCUT2D eigenvalue weighted by molar-refractivity contribution is 9.13. The number of hydrogen-bond acceptors (Lipinski definition) is 2. The van der Waals surface area contributed by atoms with Gasteiger partial charge in [0.25, 0.3) is 0 Å². The van der Waals surface area contributed by atoms with Crippen LogP contribution in [0.15, 0.2) is 38.6 Å². The predicted octanol–water partition coefficient (Wildman–Crippen LogP) is 5.77. The SMILES string of the molecule is COc1ccc(C(Br)c2cc(Br)c(Br)s2)cc1. The molecule has 90 valence electrons. The molecule has 2 aromatic rings. The predicted molar refractivity (Wildman–Crippen MR) is 83.5 cm³/mol. The normalized spacial score (nSPS) is 12.5. The molecule has 1 aromatic heterocycles. The number of rotatable bonds is 3. The van der Waals surface area contributed by atoms with Gasteiger partial charge in [-0.15, -0.1) is 11.3 Å². The first-order valence-electron chi connectivity index (χ1n) is 4.84. The molecule has 0 fully saturated rings. The van der Waals surface area contributed by atoms with Crippen LogP contribution < -0.4 is 4.74 Å². The highest BCUT2D eigenvalue weighted by Crippen LogP contribution is 2.41. The number of ether oxygens (including phenoxy) is 1. The molecule has 0 bridgehead atoms. The lowest BCUT2D eigenvalue weighted by Crippen LogP contribution is -1.90. The van der Waals surface area contributed by atoms with Crippen molar-refractivity contribution < 1.29 is 4.74 Å². The number of methoxy groups -OCH3 is 1. The van der Waals surface area contributed by atoms with Crippen molar-refractivity contribution in [2.45, 2.75) is 4.83 Å². The maximum absolute atomic E-state index is 5.15. The van der Waals surface area contributed by atoms with E-state index in [1.807, 2.05) is 12.1 Å². The Labute approximate surface area is 130 Å². The highest BCUT2D eigenvalue weighted by atomic mass is 79.9. The van der Waals surface area contributed by atoms with Crippen molar-refractivity contribution in [2.75, 3.05) is 7.11 Å². The van der Waals surface area contributed by atoms with Crippen molar-refractivity contribution in [2.24, 2.45) is 0 Å². The maximum atomic E-state index is 5.15. The largest absolute Gasteiger partial charge is 0.497 e. The lowest BCUT2D eigenvalue weighted by Gasteiger charge is -2.08. The Morgan fingerprint density at radius 1 is 1.18 bits per heavy atom. The van der Waals surface area contributed by atoms with Gasteiger partial charge < -0.3 is 4.74 Å². The number of halogens is 3. The molecule has 1 heterocycles. The fourth-order valence-electron chi connectivity index (χ4n) is 1.43. The van der Waals surface area contributed by atoms with Crippen molar-refractivity contribution in [3.05, 3.63) is 49.0 Å². The zero-order chi connectivity index (χ0) is 12.4. The summed E-state index contributed by atoms with van der Waals surface area (Å²) in [5.74, 6) is 0.877. The molecule has 0 spiro atoms. The van der Waals surface area contributed by atoms with E-state index in [1.54, 1.807) is 18.4 Å². The Balaban J connectivity index is 2.26. The molecular formula is C12H9Br3OS. The first-order chi connectivity index (χ1) is 8.11. The van der Waals surface area contributed by atoms with Crippen LogP contribution >= 0.6 is 59.1 Å². The molecule has 1 atom stereocenters. The molecule has 17 heavy (non-hydrogen) atoms. The van der Waals surface area contributed by atoms with E-state index < -0.39 is 0 Å². The van der Waals surface area contributed by atoms with Gasteiger partial charge in [0.1, 0.15) is 5.75 Å². The lowest BCUT2D eigenvalue weighted by atomic mass is 10.1. The summed E-state index contributed by atoms with van der Waals surface area (Å²) in [5.41, 5.74) is 1.21. The van der Waals surface area contributed by atoms with Gasteiger partial charge in [0.2, 0.25) is 0 Å². The van der Waals surface area contributed by atoms with Gasteiger partial charge in [0, 0.05) is 9.35 Å². The van der Waals surface area contributed by atoms with Gasteiger partial charge in [-0.05, 0) is 55.6 Å². The summed E-state index contributed by atoms with van der Waals surface area (Å²) in [5, 5.41) is 0. The van der Waals surface area contributed by atoms with Crippen molar-refractivity contribution in [3.63, 3.8) is 0 Å². The highest BCUT2D eigenvalue weighted by Gasteiger charge is 2.14. The van der Waals surface area contributed by atoms with Crippen LogP contribution in [0.5, 0.6) is 5.75 Å². The molecule has 2 rings (SSSR count). The van der Waals surface area contributed by atoms with Crippen molar-refractivity contribution in [3.8, 4) is 5.75 Å². The van der Waals surface area contributed by atoms with Crippen molar-refractivity contribution in [1.29, 1.82) is 0 Å². The third-order valence-electron chi connectivity index (χ3n) is 2.32. The second-order valence-corrected chi connectivity index (χ2v) is 7.58. The summed E-state index contributed by atoms with van der Waals surface area (Å²) < 4.78 is 7.36. The van der Waals surface area contributed by atoms with E-state index in [0.717, 1.165) is 14.0 Å². The smallest absolute Gasteiger partial charge is 0.118 e. The van der Waals surface area contributed by atoms with Gasteiger partial charge in [0.05, 0.1) is 15.7 Å². The fourth-order valence-corrected chi connectivity index (χ4v) is 4.24. The lowest BCUT2D eigenvalue weighted by molar-refractivity contribution is 0.414. The molecule has 0 N–H and O–H groups in total. The van der Waals surface area contributed by atoms with Crippen LogP contribution in [0, 0.1) is 0 Å². The Morgan fingerprint density at radius 2 is 1.82 bits per heavy atom. The molecule has 0 aliphatic rings. The molecule has 1 nitrogen and oxygen atoms in total.